The lowest BCUT2D eigenvalue weighted by atomic mass is 9.91. The van der Waals surface area contributed by atoms with Crippen LogP contribution in [0.2, 0.25) is 0 Å². The van der Waals surface area contributed by atoms with Crippen LogP contribution in [0.5, 0.6) is 0 Å². The molecule has 0 atom stereocenters. The van der Waals surface area contributed by atoms with E-state index in [4.69, 9.17) is 0 Å². The van der Waals surface area contributed by atoms with E-state index in [-0.39, 0.29) is 11.8 Å². The van der Waals surface area contributed by atoms with Crippen LogP contribution in [0, 0.1) is 0 Å². The van der Waals surface area contributed by atoms with Crippen molar-refractivity contribution in [2.45, 2.75) is 63.5 Å². The molecule has 3 heterocycles. The van der Waals surface area contributed by atoms with Crippen molar-refractivity contribution >= 4 is 17.6 Å². The number of aromatic nitrogens is 1. The van der Waals surface area contributed by atoms with Gasteiger partial charge in [-0.2, -0.15) is 0 Å². The van der Waals surface area contributed by atoms with Crippen molar-refractivity contribution in [2.75, 3.05) is 70.9 Å². The summed E-state index contributed by atoms with van der Waals surface area (Å²) in [6.45, 7) is 7.76. The molecule has 1 aromatic rings. The number of nitrogens with zero attached hydrogens (tertiary/aromatic N) is 6. The first kappa shape index (κ1) is 24.5. The van der Waals surface area contributed by atoms with Crippen LogP contribution in [-0.4, -0.2) is 114 Å². The normalized spacial score (nSPS) is 23.2. The summed E-state index contributed by atoms with van der Waals surface area (Å²) < 4.78 is 0. The van der Waals surface area contributed by atoms with E-state index in [1.54, 1.807) is 6.20 Å². The van der Waals surface area contributed by atoms with Crippen molar-refractivity contribution in [1.82, 2.24) is 24.6 Å². The highest BCUT2D eigenvalue weighted by Gasteiger charge is 2.30. The van der Waals surface area contributed by atoms with Gasteiger partial charge in [0.2, 0.25) is 5.91 Å². The minimum Gasteiger partial charge on any atom is -0.354 e. The van der Waals surface area contributed by atoms with Crippen LogP contribution in [0.4, 0.5) is 5.82 Å². The summed E-state index contributed by atoms with van der Waals surface area (Å²) >= 11 is 0. The van der Waals surface area contributed by atoms with Crippen LogP contribution in [0.15, 0.2) is 18.3 Å². The van der Waals surface area contributed by atoms with Crippen LogP contribution in [0.25, 0.3) is 0 Å². The summed E-state index contributed by atoms with van der Waals surface area (Å²) in [4.78, 5) is 41.5. The molecule has 35 heavy (non-hydrogen) atoms. The molecular formula is C27H42N6O2. The highest BCUT2D eigenvalue weighted by molar-refractivity contribution is 5.94. The first-order chi connectivity index (χ1) is 17.1. The number of hydrogen-bond donors (Lipinski definition) is 0. The molecule has 2 saturated heterocycles. The fraction of sp³-hybridized carbons (Fsp3) is 0.741. The highest BCUT2D eigenvalue weighted by atomic mass is 16.2. The SMILES string of the molecule is CN(C(=O)c1ccc(N2CCN(CC(=O)N3CCN(C4CCC4)CC3)CC2)nc1)C1CCCCC1. The second-order valence-electron chi connectivity index (χ2n) is 10.9. The average molecular weight is 483 g/mol. The van der Waals surface area contributed by atoms with Gasteiger partial charge >= 0.3 is 0 Å². The van der Waals surface area contributed by atoms with E-state index >= 15 is 0 Å². The summed E-state index contributed by atoms with van der Waals surface area (Å²) in [5.74, 6) is 1.27. The molecular weight excluding hydrogens is 440 g/mol. The molecule has 8 heteroatoms. The molecule has 2 aliphatic heterocycles. The Morgan fingerprint density at radius 2 is 1.60 bits per heavy atom. The predicted octanol–water partition coefficient (Wildman–Crippen LogP) is 2.31. The Hall–Kier alpha value is -2.19. The maximum Gasteiger partial charge on any atom is 0.255 e. The Morgan fingerprint density at radius 1 is 0.886 bits per heavy atom. The van der Waals surface area contributed by atoms with Crippen molar-refractivity contribution in [1.29, 1.82) is 0 Å². The Bertz CT molecular complexity index is 851. The second kappa shape index (κ2) is 11.2. The van der Waals surface area contributed by atoms with E-state index in [2.05, 4.69) is 24.6 Å². The summed E-state index contributed by atoms with van der Waals surface area (Å²) in [5, 5.41) is 0. The van der Waals surface area contributed by atoms with Crippen molar-refractivity contribution in [3.63, 3.8) is 0 Å². The zero-order valence-electron chi connectivity index (χ0n) is 21.4. The van der Waals surface area contributed by atoms with Gasteiger partial charge in [-0.05, 0) is 37.8 Å². The van der Waals surface area contributed by atoms with Gasteiger partial charge in [-0.1, -0.05) is 25.7 Å². The molecule has 0 N–H and O–H groups in total. The molecule has 2 aliphatic carbocycles. The number of hydrogen-bond acceptors (Lipinski definition) is 6. The molecule has 2 saturated carbocycles. The lowest BCUT2D eigenvalue weighted by molar-refractivity contribution is -0.134. The molecule has 2 amide bonds. The van der Waals surface area contributed by atoms with Gasteiger partial charge in [-0.25, -0.2) is 4.98 Å². The van der Waals surface area contributed by atoms with E-state index in [9.17, 15) is 9.59 Å². The van der Waals surface area contributed by atoms with Crippen LogP contribution in [0.1, 0.15) is 61.7 Å². The maximum absolute atomic E-state index is 12.9. The van der Waals surface area contributed by atoms with E-state index in [1.807, 2.05) is 24.1 Å². The van der Waals surface area contributed by atoms with Crippen LogP contribution < -0.4 is 4.90 Å². The number of amides is 2. The molecule has 192 valence electrons. The Balaban J connectivity index is 1.06. The van der Waals surface area contributed by atoms with Crippen LogP contribution in [-0.2, 0) is 4.79 Å². The Labute approximate surface area is 210 Å². The lowest BCUT2D eigenvalue weighted by Gasteiger charge is -2.43. The minimum absolute atomic E-state index is 0.0767. The number of anilines is 1. The largest absolute Gasteiger partial charge is 0.354 e. The third-order valence-corrected chi connectivity index (χ3v) is 8.75. The van der Waals surface area contributed by atoms with Crippen molar-refractivity contribution in [3.05, 3.63) is 23.9 Å². The minimum atomic E-state index is 0.0767. The lowest BCUT2D eigenvalue weighted by Crippen LogP contribution is -2.56. The number of pyridine rings is 1. The Kier molecular flexibility index (Phi) is 7.88. The third-order valence-electron chi connectivity index (χ3n) is 8.75. The van der Waals surface area contributed by atoms with E-state index in [0.29, 0.717) is 18.2 Å². The monoisotopic (exact) mass is 482 g/mol. The van der Waals surface area contributed by atoms with Gasteiger partial charge in [0.15, 0.2) is 0 Å². The van der Waals surface area contributed by atoms with Gasteiger partial charge in [0.05, 0.1) is 12.1 Å². The predicted molar refractivity (Wildman–Crippen MR) is 138 cm³/mol. The summed E-state index contributed by atoms with van der Waals surface area (Å²) in [6, 6.07) is 5.03. The Morgan fingerprint density at radius 3 is 2.20 bits per heavy atom. The van der Waals surface area contributed by atoms with E-state index < -0.39 is 0 Å². The number of rotatable bonds is 6. The van der Waals surface area contributed by atoms with Gasteiger partial charge in [-0.15, -0.1) is 0 Å². The number of piperazine rings is 2. The highest BCUT2D eigenvalue weighted by Crippen LogP contribution is 2.26. The first-order valence-corrected chi connectivity index (χ1v) is 13.8. The summed E-state index contributed by atoms with van der Waals surface area (Å²) in [7, 11) is 1.93. The van der Waals surface area contributed by atoms with Crippen LogP contribution in [0.3, 0.4) is 0 Å². The first-order valence-electron chi connectivity index (χ1n) is 13.8. The van der Waals surface area contributed by atoms with Gasteiger partial charge in [0.25, 0.3) is 5.91 Å². The molecule has 5 rings (SSSR count). The molecule has 0 aromatic carbocycles. The van der Waals surface area contributed by atoms with Crippen molar-refractivity contribution in [2.24, 2.45) is 0 Å². The molecule has 4 aliphatic rings. The molecule has 0 unspecified atom stereocenters. The fourth-order valence-electron chi connectivity index (χ4n) is 6.05. The maximum atomic E-state index is 12.9. The van der Waals surface area contributed by atoms with Crippen molar-refractivity contribution in [3.8, 4) is 0 Å². The quantitative estimate of drug-likeness (QED) is 0.620. The molecule has 1 aromatic heterocycles. The standard InChI is InChI=1S/C27H42N6O2/c1-29(23-6-3-2-4-7-23)27(35)22-10-11-25(28-20-22)32-14-12-30(13-15-32)21-26(34)33-18-16-31(17-19-33)24-8-5-9-24/h10-11,20,23-24H,2-9,12-19,21H2,1H3. The smallest absolute Gasteiger partial charge is 0.255 e. The number of carbonyl (C=O) groups excluding carboxylic acids is 2. The van der Waals surface area contributed by atoms with E-state index in [0.717, 1.165) is 77.1 Å². The van der Waals surface area contributed by atoms with Gasteiger partial charge < -0.3 is 14.7 Å². The summed E-state index contributed by atoms with van der Waals surface area (Å²) in [6.07, 6.45) is 11.7. The third kappa shape index (κ3) is 5.80. The number of carbonyl (C=O) groups is 2. The fourth-order valence-corrected chi connectivity index (χ4v) is 6.05. The second-order valence-corrected chi connectivity index (χ2v) is 10.9. The van der Waals surface area contributed by atoms with Crippen LogP contribution >= 0.6 is 0 Å². The molecule has 0 bridgehead atoms. The summed E-state index contributed by atoms with van der Waals surface area (Å²) in [5.41, 5.74) is 0.670. The molecule has 4 fully saturated rings. The zero-order chi connectivity index (χ0) is 24.2. The van der Waals surface area contributed by atoms with E-state index in [1.165, 1.54) is 38.5 Å². The van der Waals surface area contributed by atoms with Gasteiger partial charge in [0.1, 0.15) is 5.82 Å². The average Bonchev–Trinajstić information content (AvgIpc) is 2.88. The molecule has 8 nitrogen and oxygen atoms in total. The van der Waals surface area contributed by atoms with Gasteiger partial charge in [0, 0.05) is 77.7 Å². The molecule has 0 spiro atoms. The molecule has 0 radical (unpaired) electrons. The van der Waals surface area contributed by atoms with Crippen molar-refractivity contribution < 1.29 is 9.59 Å². The topological polar surface area (TPSA) is 63.2 Å². The van der Waals surface area contributed by atoms with Gasteiger partial charge in [-0.3, -0.25) is 19.4 Å². The zero-order valence-corrected chi connectivity index (χ0v) is 21.4.